The largest absolute Gasteiger partial charge is 0.295 e. The maximum Gasteiger partial charge on any atom is 0.0342 e. The Morgan fingerprint density at radius 3 is 2.86 bits per heavy atom. The third kappa shape index (κ3) is 2.59. The molecule has 0 amide bonds. The molecule has 2 rings (SSSR count). The van der Waals surface area contributed by atoms with Crippen molar-refractivity contribution in [2.75, 3.05) is 6.54 Å². The average molecular weight is 274 g/mol. The van der Waals surface area contributed by atoms with E-state index in [-0.39, 0.29) is 0 Å². The maximum absolute atomic E-state index is 3.60. The number of rotatable bonds is 5. The van der Waals surface area contributed by atoms with Crippen LogP contribution < -0.4 is 0 Å². The standard InChI is InChI=1S/C11H16BrNS/c1-2-6-13(9-3-4-9)8-11-10(12)5-7-14-11/h5,7,9H,2-4,6,8H2,1H3. The Hall–Kier alpha value is 0.140. The summed E-state index contributed by atoms with van der Waals surface area (Å²) < 4.78 is 1.28. The van der Waals surface area contributed by atoms with Crippen molar-refractivity contribution in [1.82, 2.24) is 4.90 Å². The van der Waals surface area contributed by atoms with E-state index in [0.717, 1.165) is 12.6 Å². The summed E-state index contributed by atoms with van der Waals surface area (Å²) in [5.41, 5.74) is 0. The van der Waals surface area contributed by atoms with Crippen molar-refractivity contribution in [2.24, 2.45) is 0 Å². The highest BCUT2D eigenvalue weighted by molar-refractivity contribution is 9.10. The minimum absolute atomic E-state index is 0.879. The Morgan fingerprint density at radius 2 is 2.36 bits per heavy atom. The number of nitrogens with zero attached hydrogens (tertiary/aromatic N) is 1. The Morgan fingerprint density at radius 1 is 1.57 bits per heavy atom. The van der Waals surface area contributed by atoms with Crippen molar-refractivity contribution in [3.63, 3.8) is 0 Å². The fraction of sp³-hybridized carbons (Fsp3) is 0.636. The topological polar surface area (TPSA) is 3.24 Å². The van der Waals surface area contributed by atoms with Crippen LogP contribution in [0.25, 0.3) is 0 Å². The summed E-state index contributed by atoms with van der Waals surface area (Å²) in [7, 11) is 0. The SMILES string of the molecule is CCCN(Cc1sccc1Br)C1CC1. The highest BCUT2D eigenvalue weighted by Crippen LogP contribution is 2.31. The van der Waals surface area contributed by atoms with Crippen LogP contribution in [0, 0.1) is 0 Å². The van der Waals surface area contributed by atoms with Crippen LogP contribution in [0.4, 0.5) is 0 Å². The molecule has 0 N–H and O–H groups in total. The van der Waals surface area contributed by atoms with Crippen LogP contribution in [0.15, 0.2) is 15.9 Å². The van der Waals surface area contributed by atoms with Gasteiger partial charge in [0.25, 0.3) is 0 Å². The first-order chi connectivity index (χ1) is 6.81. The van der Waals surface area contributed by atoms with E-state index in [1.807, 2.05) is 11.3 Å². The van der Waals surface area contributed by atoms with E-state index in [0.29, 0.717) is 0 Å². The molecule has 78 valence electrons. The Kier molecular flexibility index (Phi) is 3.63. The lowest BCUT2D eigenvalue weighted by Gasteiger charge is -2.20. The Balaban J connectivity index is 1.96. The molecule has 0 bridgehead atoms. The van der Waals surface area contributed by atoms with Gasteiger partial charge in [-0.15, -0.1) is 11.3 Å². The van der Waals surface area contributed by atoms with E-state index in [1.54, 1.807) is 0 Å². The summed E-state index contributed by atoms with van der Waals surface area (Å²) in [6.07, 6.45) is 4.07. The number of hydrogen-bond acceptors (Lipinski definition) is 2. The highest BCUT2D eigenvalue weighted by Gasteiger charge is 2.28. The molecule has 1 aliphatic rings. The number of halogens is 1. The molecule has 0 saturated heterocycles. The van der Waals surface area contributed by atoms with E-state index in [1.165, 1.54) is 35.2 Å². The van der Waals surface area contributed by atoms with Gasteiger partial charge in [0.2, 0.25) is 0 Å². The summed E-state index contributed by atoms with van der Waals surface area (Å²) in [5, 5.41) is 2.16. The zero-order valence-corrected chi connectivity index (χ0v) is 10.9. The minimum atomic E-state index is 0.879. The van der Waals surface area contributed by atoms with Gasteiger partial charge in [-0.05, 0) is 53.2 Å². The molecule has 1 aliphatic carbocycles. The molecule has 1 aromatic heterocycles. The summed E-state index contributed by atoms with van der Waals surface area (Å²) in [4.78, 5) is 4.10. The molecule has 0 aliphatic heterocycles. The van der Waals surface area contributed by atoms with Gasteiger partial charge < -0.3 is 0 Å². The quantitative estimate of drug-likeness (QED) is 0.787. The third-order valence-electron chi connectivity index (χ3n) is 2.61. The molecule has 1 fully saturated rings. The van der Waals surface area contributed by atoms with E-state index in [4.69, 9.17) is 0 Å². The predicted molar refractivity (Wildman–Crippen MR) is 65.7 cm³/mol. The zero-order valence-electron chi connectivity index (χ0n) is 8.50. The van der Waals surface area contributed by atoms with Gasteiger partial charge in [0.05, 0.1) is 0 Å². The minimum Gasteiger partial charge on any atom is -0.295 e. The molecule has 1 heterocycles. The molecule has 1 nitrogen and oxygen atoms in total. The second-order valence-electron chi connectivity index (χ2n) is 3.89. The molecule has 1 aromatic rings. The van der Waals surface area contributed by atoms with Gasteiger partial charge in [-0.25, -0.2) is 0 Å². The van der Waals surface area contributed by atoms with Gasteiger partial charge in [0.1, 0.15) is 0 Å². The second-order valence-corrected chi connectivity index (χ2v) is 5.75. The van der Waals surface area contributed by atoms with Crippen LogP contribution in [0.2, 0.25) is 0 Å². The van der Waals surface area contributed by atoms with Crippen LogP contribution in [0.1, 0.15) is 31.1 Å². The van der Waals surface area contributed by atoms with Gasteiger partial charge in [-0.1, -0.05) is 6.92 Å². The molecule has 14 heavy (non-hydrogen) atoms. The predicted octanol–water partition coefficient (Wildman–Crippen LogP) is 3.89. The summed E-state index contributed by atoms with van der Waals surface area (Å²) in [5.74, 6) is 0. The first kappa shape index (κ1) is 10.7. The average Bonchev–Trinajstić information content (AvgIpc) is 2.93. The normalized spacial score (nSPS) is 16.5. The van der Waals surface area contributed by atoms with Crippen molar-refractivity contribution in [2.45, 2.75) is 38.8 Å². The van der Waals surface area contributed by atoms with Crippen LogP contribution in [0.5, 0.6) is 0 Å². The molecule has 0 radical (unpaired) electrons. The molecule has 0 spiro atoms. The van der Waals surface area contributed by atoms with Gasteiger partial charge >= 0.3 is 0 Å². The molecule has 3 heteroatoms. The van der Waals surface area contributed by atoms with Crippen molar-refractivity contribution in [3.8, 4) is 0 Å². The fourth-order valence-electron chi connectivity index (χ4n) is 1.74. The molecule has 0 atom stereocenters. The summed E-state index contributed by atoms with van der Waals surface area (Å²) in [6.45, 7) is 4.64. The van der Waals surface area contributed by atoms with E-state index < -0.39 is 0 Å². The van der Waals surface area contributed by atoms with Crippen LogP contribution in [0.3, 0.4) is 0 Å². The third-order valence-corrected chi connectivity index (χ3v) is 4.52. The van der Waals surface area contributed by atoms with Crippen molar-refractivity contribution < 1.29 is 0 Å². The molecule has 1 saturated carbocycles. The van der Waals surface area contributed by atoms with E-state index in [9.17, 15) is 0 Å². The van der Waals surface area contributed by atoms with E-state index in [2.05, 4.69) is 39.2 Å². The first-order valence-corrected chi connectivity index (χ1v) is 6.94. The van der Waals surface area contributed by atoms with Crippen LogP contribution in [-0.4, -0.2) is 17.5 Å². The highest BCUT2D eigenvalue weighted by atomic mass is 79.9. The molecular formula is C11H16BrNS. The number of hydrogen-bond donors (Lipinski definition) is 0. The lowest BCUT2D eigenvalue weighted by atomic mass is 10.3. The summed E-state index contributed by atoms with van der Waals surface area (Å²) >= 11 is 5.46. The monoisotopic (exact) mass is 273 g/mol. The molecule has 0 aromatic carbocycles. The molecule has 0 unspecified atom stereocenters. The Bertz CT molecular complexity index is 293. The first-order valence-electron chi connectivity index (χ1n) is 5.27. The molecular weight excluding hydrogens is 258 g/mol. The van der Waals surface area contributed by atoms with Crippen molar-refractivity contribution in [1.29, 1.82) is 0 Å². The maximum atomic E-state index is 3.60. The smallest absolute Gasteiger partial charge is 0.0342 e. The number of thiophene rings is 1. The van der Waals surface area contributed by atoms with Gasteiger partial charge in [-0.3, -0.25) is 4.90 Å². The lowest BCUT2D eigenvalue weighted by Crippen LogP contribution is -2.25. The summed E-state index contributed by atoms with van der Waals surface area (Å²) in [6, 6.07) is 3.03. The Labute approximate surface area is 98.2 Å². The van der Waals surface area contributed by atoms with Gasteiger partial charge in [0, 0.05) is 21.9 Å². The van der Waals surface area contributed by atoms with Crippen LogP contribution in [-0.2, 0) is 6.54 Å². The van der Waals surface area contributed by atoms with Crippen molar-refractivity contribution >= 4 is 27.3 Å². The van der Waals surface area contributed by atoms with Gasteiger partial charge in [0.15, 0.2) is 0 Å². The fourth-order valence-corrected chi connectivity index (χ4v) is 3.24. The lowest BCUT2D eigenvalue weighted by molar-refractivity contribution is 0.257. The van der Waals surface area contributed by atoms with Crippen LogP contribution >= 0.6 is 27.3 Å². The van der Waals surface area contributed by atoms with E-state index >= 15 is 0 Å². The zero-order chi connectivity index (χ0) is 9.97. The van der Waals surface area contributed by atoms with Gasteiger partial charge in [-0.2, -0.15) is 0 Å². The van der Waals surface area contributed by atoms with Crippen molar-refractivity contribution in [3.05, 3.63) is 20.8 Å². The second kappa shape index (κ2) is 4.77.